The number of carbonyl (C=O) groups excluding carboxylic acids is 1. The van der Waals surface area contributed by atoms with Gasteiger partial charge in [0.1, 0.15) is 5.52 Å². The molecule has 2 aromatic carbocycles. The van der Waals surface area contributed by atoms with Crippen LogP contribution in [0.15, 0.2) is 46.9 Å². The van der Waals surface area contributed by atoms with Crippen LogP contribution >= 0.6 is 0 Å². The Labute approximate surface area is 159 Å². The number of rotatable bonds is 2. The van der Waals surface area contributed by atoms with Crippen LogP contribution < -0.4 is 0 Å². The van der Waals surface area contributed by atoms with Crippen LogP contribution in [0.25, 0.3) is 22.6 Å². The maximum atomic E-state index is 13.0. The van der Waals surface area contributed by atoms with Gasteiger partial charge in [0.15, 0.2) is 5.58 Å². The molecule has 0 aliphatic carbocycles. The Bertz CT molecular complexity index is 1010. The minimum absolute atomic E-state index is 0.0236. The van der Waals surface area contributed by atoms with Crippen LogP contribution in [0.4, 0.5) is 0 Å². The molecule has 0 saturated carbocycles. The van der Waals surface area contributed by atoms with Crippen molar-refractivity contribution in [3.8, 4) is 11.5 Å². The molecular formula is C22H25N3O2. The van der Waals surface area contributed by atoms with E-state index in [9.17, 15) is 4.79 Å². The van der Waals surface area contributed by atoms with Gasteiger partial charge in [-0.3, -0.25) is 9.69 Å². The van der Waals surface area contributed by atoms with E-state index in [1.54, 1.807) is 0 Å². The van der Waals surface area contributed by atoms with Gasteiger partial charge >= 0.3 is 0 Å². The number of fused-ring (bicyclic) bond motifs is 1. The first-order valence-electron chi connectivity index (χ1n) is 9.32. The second kappa shape index (κ2) is 6.50. The molecule has 1 saturated heterocycles. The lowest BCUT2D eigenvalue weighted by molar-refractivity contribution is 0.0311. The van der Waals surface area contributed by atoms with E-state index in [-0.39, 0.29) is 11.4 Å². The number of aromatic nitrogens is 1. The Kier molecular flexibility index (Phi) is 4.27. The highest BCUT2D eigenvalue weighted by Gasteiger charge is 2.33. The average Bonchev–Trinajstić information content (AvgIpc) is 3.06. The fourth-order valence-corrected chi connectivity index (χ4v) is 3.56. The fraction of sp³-hybridized carbons (Fsp3) is 0.364. The standard InChI is InChI=1S/C22H25N3O2/c1-15-6-5-7-16(12-15)20-23-18-13-17(8-9-19(18)27-20)21(26)25-11-10-24(4)22(2,3)14-25/h5-9,12-13H,10-11,14H2,1-4H3. The van der Waals surface area contributed by atoms with Crippen LogP contribution in [-0.4, -0.2) is 52.9 Å². The number of carbonyl (C=O) groups is 1. The van der Waals surface area contributed by atoms with Crippen molar-refractivity contribution in [1.82, 2.24) is 14.8 Å². The van der Waals surface area contributed by atoms with E-state index < -0.39 is 0 Å². The van der Waals surface area contributed by atoms with Crippen molar-refractivity contribution < 1.29 is 9.21 Å². The Morgan fingerprint density at radius 3 is 2.70 bits per heavy atom. The largest absolute Gasteiger partial charge is 0.436 e. The van der Waals surface area contributed by atoms with E-state index >= 15 is 0 Å². The van der Waals surface area contributed by atoms with Crippen LogP contribution in [0.5, 0.6) is 0 Å². The molecule has 0 N–H and O–H groups in total. The summed E-state index contributed by atoms with van der Waals surface area (Å²) in [6, 6.07) is 13.6. The van der Waals surface area contributed by atoms with E-state index in [2.05, 4.69) is 30.8 Å². The van der Waals surface area contributed by atoms with Crippen molar-refractivity contribution in [3.05, 3.63) is 53.6 Å². The van der Waals surface area contributed by atoms with Crippen molar-refractivity contribution in [3.63, 3.8) is 0 Å². The first-order chi connectivity index (χ1) is 12.8. The molecule has 1 aliphatic heterocycles. The van der Waals surface area contributed by atoms with E-state index in [1.165, 1.54) is 0 Å². The number of piperazine rings is 1. The topological polar surface area (TPSA) is 49.6 Å². The molecule has 0 unspecified atom stereocenters. The third-order valence-corrected chi connectivity index (χ3v) is 5.50. The molecular weight excluding hydrogens is 338 g/mol. The summed E-state index contributed by atoms with van der Waals surface area (Å²) in [5.74, 6) is 0.636. The first kappa shape index (κ1) is 17.7. The zero-order chi connectivity index (χ0) is 19.2. The molecule has 0 spiro atoms. The van der Waals surface area contributed by atoms with Crippen LogP contribution in [0.3, 0.4) is 0 Å². The van der Waals surface area contributed by atoms with Crippen molar-refractivity contribution in [2.24, 2.45) is 0 Å². The summed E-state index contributed by atoms with van der Waals surface area (Å²) < 4.78 is 5.89. The van der Waals surface area contributed by atoms with Gasteiger partial charge in [0, 0.05) is 36.3 Å². The quantitative estimate of drug-likeness (QED) is 0.691. The Morgan fingerprint density at radius 1 is 1.15 bits per heavy atom. The lowest BCUT2D eigenvalue weighted by atomic mass is 9.99. The van der Waals surface area contributed by atoms with Crippen LogP contribution in [0.2, 0.25) is 0 Å². The Morgan fingerprint density at radius 2 is 1.96 bits per heavy atom. The molecule has 2 heterocycles. The number of amides is 1. The van der Waals surface area contributed by atoms with E-state index in [0.717, 1.165) is 24.2 Å². The lowest BCUT2D eigenvalue weighted by Crippen LogP contribution is -2.58. The second-order valence-electron chi connectivity index (χ2n) is 8.03. The maximum Gasteiger partial charge on any atom is 0.254 e. The van der Waals surface area contributed by atoms with Crippen molar-refractivity contribution in [1.29, 1.82) is 0 Å². The van der Waals surface area contributed by atoms with E-state index in [0.29, 0.717) is 29.1 Å². The number of aryl methyl sites for hydroxylation is 1. The normalized spacial score (nSPS) is 17.4. The zero-order valence-electron chi connectivity index (χ0n) is 16.3. The second-order valence-corrected chi connectivity index (χ2v) is 8.03. The molecule has 0 bridgehead atoms. The van der Waals surface area contributed by atoms with Crippen molar-refractivity contribution in [2.75, 3.05) is 26.7 Å². The molecule has 1 aliphatic rings. The predicted octanol–water partition coefficient (Wildman–Crippen LogP) is 3.97. The van der Waals surface area contributed by atoms with Gasteiger partial charge in [0.05, 0.1) is 0 Å². The molecule has 1 aromatic heterocycles. The number of nitrogens with zero attached hydrogens (tertiary/aromatic N) is 3. The Hall–Kier alpha value is -2.66. The molecule has 4 rings (SSSR count). The third-order valence-electron chi connectivity index (χ3n) is 5.50. The lowest BCUT2D eigenvalue weighted by Gasteiger charge is -2.45. The van der Waals surface area contributed by atoms with Gasteiger partial charge in [-0.05, 0) is 58.2 Å². The van der Waals surface area contributed by atoms with Crippen LogP contribution in [-0.2, 0) is 0 Å². The van der Waals surface area contributed by atoms with E-state index in [4.69, 9.17) is 4.42 Å². The molecule has 1 amide bonds. The number of hydrogen-bond acceptors (Lipinski definition) is 4. The summed E-state index contributed by atoms with van der Waals surface area (Å²) in [6.45, 7) is 8.71. The van der Waals surface area contributed by atoms with Gasteiger partial charge in [-0.1, -0.05) is 17.7 Å². The molecule has 3 aromatic rings. The van der Waals surface area contributed by atoms with Gasteiger partial charge in [0.25, 0.3) is 5.91 Å². The zero-order valence-corrected chi connectivity index (χ0v) is 16.3. The molecule has 0 radical (unpaired) electrons. The summed E-state index contributed by atoms with van der Waals surface area (Å²) in [4.78, 5) is 21.8. The SMILES string of the molecule is Cc1cccc(-c2nc3cc(C(=O)N4CCN(C)C(C)(C)C4)ccc3o2)c1. The summed E-state index contributed by atoms with van der Waals surface area (Å²) in [6.07, 6.45) is 0. The van der Waals surface area contributed by atoms with Gasteiger partial charge in [0.2, 0.25) is 5.89 Å². The molecule has 27 heavy (non-hydrogen) atoms. The average molecular weight is 363 g/mol. The van der Waals surface area contributed by atoms with E-state index in [1.807, 2.05) is 54.3 Å². The number of benzene rings is 2. The van der Waals surface area contributed by atoms with Crippen molar-refractivity contribution in [2.45, 2.75) is 26.3 Å². The maximum absolute atomic E-state index is 13.0. The fourth-order valence-electron chi connectivity index (χ4n) is 3.56. The van der Waals surface area contributed by atoms with Gasteiger partial charge in [-0.15, -0.1) is 0 Å². The van der Waals surface area contributed by atoms with Crippen molar-refractivity contribution >= 4 is 17.0 Å². The highest BCUT2D eigenvalue weighted by molar-refractivity contribution is 5.97. The minimum atomic E-state index is -0.0236. The number of likely N-dealkylation sites (N-methyl/N-ethyl adjacent to an activating group) is 1. The third kappa shape index (κ3) is 3.35. The number of hydrogen-bond donors (Lipinski definition) is 0. The highest BCUT2D eigenvalue weighted by Crippen LogP contribution is 2.27. The summed E-state index contributed by atoms with van der Waals surface area (Å²) in [5.41, 5.74) is 4.15. The summed E-state index contributed by atoms with van der Waals surface area (Å²) in [7, 11) is 2.11. The monoisotopic (exact) mass is 363 g/mol. The predicted molar refractivity (Wildman–Crippen MR) is 107 cm³/mol. The molecule has 5 nitrogen and oxygen atoms in total. The van der Waals surface area contributed by atoms with Gasteiger partial charge in [-0.2, -0.15) is 0 Å². The molecule has 0 atom stereocenters. The van der Waals surface area contributed by atoms with Crippen LogP contribution in [0, 0.1) is 6.92 Å². The molecule has 5 heteroatoms. The minimum Gasteiger partial charge on any atom is -0.436 e. The van der Waals surface area contributed by atoms with Gasteiger partial charge < -0.3 is 9.32 Å². The van der Waals surface area contributed by atoms with Gasteiger partial charge in [-0.25, -0.2) is 4.98 Å². The highest BCUT2D eigenvalue weighted by atomic mass is 16.3. The smallest absolute Gasteiger partial charge is 0.254 e. The summed E-state index contributed by atoms with van der Waals surface area (Å²) >= 11 is 0. The first-order valence-corrected chi connectivity index (χ1v) is 9.32. The van der Waals surface area contributed by atoms with Crippen LogP contribution in [0.1, 0.15) is 29.8 Å². The molecule has 1 fully saturated rings. The summed E-state index contributed by atoms with van der Waals surface area (Å²) in [5, 5.41) is 0. The number of oxazole rings is 1. The Balaban J connectivity index is 1.63. The molecule has 140 valence electrons.